The van der Waals surface area contributed by atoms with Gasteiger partial charge in [-0.05, 0) is 0 Å². The zero-order chi connectivity index (χ0) is 15.5. The van der Waals surface area contributed by atoms with Gasteiger partial charge in [-0.25, -0.2) is 9.97 Å². The molecule has 0 atom stereocenters. The first-order valence-electron chi connectivity index (χ1n) is 6.65. The molecular formula is C14H19ClN4OS. The van der Waals surface area contributed by atoms with E-state index < -0.39 is 0 Å². The van der Waals surface area contributed by atoms with E-state index in [2.05, 4.69) is 46.4 Å². The van der Waals surface area contributed by atoms with Crippen LogP contribution in [0.1, 0.15) is 31.5 Å². The molecule has 7 heteroatoms. The van der Waals surface area contributed by atoms with Crippen LogP contribution in [0.4, 0.5) is 5.82 Å². The molecular weight excluding hydrogens is 308 g/mol. The van der Waals surface area contributed by atoms with E-state index in [0.717, 1.165) is 17.1 Å². The van der Waals surface area contributed by atoms with Crippen LogP contribution in [-0.2, 0) is 11.8 Å². The standard InChI is InChI=1S/C14H19ClN4OS/c1-14(2,3)12-18-9(8-21-12)5-6-16-11-10(15)7-17-13(19-11)20-4/h7-8H,5-6H2,1-4H3,(H,16,17,19). The second-order valence-electron chi connectivity index (χ2n) is 5.62. The van der Waals surface area contributed by atoms with Crippen LogP contribution in [-0.4, -0.2) is 28.6 Å². The average Bonchev–Trinajstić information content (AvgIpc) is 2.90. The molecule has 0 aliphatic rings. The summed E-state index contributed by atoms with van der Waals surface area (Å²) in [4.78, 5) is 12.8. The van der Waals surface area contributed by atoms with Gasteiger partial charge in [0.25, 0.3) is 0 Å². The van der Waals surface area contributed by atoms with Gasteiger partial charge in [0.05, 0.1) is 24.0 Å². The number of hydrogen-bond acceptors (Lipinski definition) is 6. The predicted octanol–water partition coefficient (Wildman–Crippen LogP) is 3.55. The summed E-state index contributed by atoms with van der Waals surface area (Å²) in [6.07, 6.45) is 2.34. The largest absolute Gasteiger partial charge is 0.467 e. The molecule has 21 heavy (non-hydrogen) atoms. The summed E-state index contributed by atoms with van der Waals surface area (Å²) >= 11 is 7.74. The van der Waals surface area contributed by atoms with Crippen LogP contribution in [0.5, 0.6) is 6.01 Å². The van der Waals surface area contributed by atoms with Crippen LogP contribution in [0.2, 0.25) is 5.02 Å². The number of thiazole rings is 1. The third-order valence-electron chi connectivity index (χ3n) is 2.77. The minimum absolute atomic E-state index is 0.0969. The maximum Gasteiger partial charge on any atom is 0.318 e. The van der Waals surface area contributed by atoms with Gasteiger partial charge < -0.3 is 10.1 Å². The predicted molar refractivity (Wildman–Crippen MR) is 86.6 cm³/mol. The molecule has 0 bridgehead atoms. The van der Waals surface area contributed by atoms with Crippen LogP contribution in [0, 0.1) is 0 Å². The highest BCUT2D eigenvalue weighted by Crippen LogP contribution is 2.26. The molecule has 2 rings (SSSR count). The van der Waals surface area contributed by atoms with E-state index in [1.807, 2.05) is 0 Å². The number of nitrogens with zero attached hydrogens (tertiary/aromatic N) is 3. The molecule has 0 radical (unpaired) electrons. The molecule has 0 aliphatic carbocycles. The molecule has 0 saturated carbocycles. The van der Waals surface area contributed by atoms with Crippen molar-refractivity contribution in [2.75, 3.05) is 19.0 Å². The fourth-order valence-electron chi connectivity index (χ4n) is 1.65. The van der Waals surface area contributed by atoms with Crippen molar-refractivity contribution in [1.29, 1.82) is 0 Å². The van der Waals surface area contributed by atoms with Crippen LogP contribution in [0.3, 0.4) is 0 Å². The van der Waals surface area contributed by atoms with Gasteiger partial charge in [-0.1, -0.05) is 32.4 Å². The van der Waals surface area contributed by atoms with Crippen molar-refractivity contribution in [2.24, 2.45) is 0 Å². The Bertz CT molecular complexity index is 609. The van der Waals surface area contributed by atoms with Crippen LogP contribution in [0.15, 0.2) is 11.6 Å². The third-order valence-corrected chi connectivity index (χ3v) is 4.36. The van der Waals surface area contributed by atoms with Crippen LogP contribution in [0.25, 0.3) is 0 Å². The van der Waals surface area contributed by atoms with Crippen LogP contribution >= 0.6 is 22.9 Å². The summed E-state index contributed by atoms with van der Waals surface area (Å²) in [5.41, 5.74) is 1.18. The zero-order valence-electron chi connectivity index (χ0n) is 12.6. The second-order valence-corrected chi connectivity index (χ2v) is 6.89. The van der Waals surface area contributed by atoms with Crippen LogP contribution < -0.4 is 10.1 Å². The Morgan fingerprint density at radius 3 is 2.71 bits per heavy atom. The molecule has 0 spiro atoms. The molecule has 0 fully saturated rings. The topological polar surface area (TPSA) is 59.9 Å². The van der Waals surface area contributed by atoms with Gasteiger partial charge in [0.1, 0.15) is 5.02 Å². The van der Waals surface area contributed by atoms with Gasteiger partial charge in [0.15, 0.2) is 5.82 Å². The van der Waals surface area contributed by atoms with E-state index in [4.69, 9.17) is 16.3 Å². The number of rotatable bonds is 5. The van der Waals surface area contributed by atoms with Crippen molar-refractivity contribution < 1.29 is 4.74 Å². The van der Waals surface area contributed by atoms with Crippen molar-refractivity contribution in [3.8, 4) is 6.01 Å². The van der Waals surface area contributed by atoms with Gasteiger partial charge in [0, 0.05) is 23.8 Å². The maximum absolute atomic E-state index is 6.04. The lowest BCUT2D eigenvalue weighted by Gasteiger charge is -2.13. The maximum atomic E-state index is 6.04. The summed E-state index contributed by atoms with van der Waals surface area (Å²) in [5, 5.41) is 6.92. The first-order chi connectivity index (χ1) is 9.90. The number of anilines is 1. The molecule has 5 nitrogen and oxygen atoms in total. The highest BCUT2D eigenvalue weighted by molar-refractivity contribution is 7.09. The number of halogens is 1. The van der Waals surface area contributed by atoms with Crippen molar-refractivity contribution >= 4 is 28.8 Å². The molecule has 0 aromatic carbocycles. The normalized spacial score (nSPS) is 11.5. The summed E-state index contributed by atoms with van der Waals surface area (Å²) in [6.45, 7) is 7.20. The zero-order valence-corrected chi connectivity index (χ0v) is 14.2. The first kappa shape index (κ1) is 16.0. The monoisotopic (exact) mass is 326 g/mol. The molecule has 0 aliphatic heterocycles. The summed E-state index contributed by atoms with van der Waals surface area (Å²) in [7, 11) is 1.52. The van der Waals surface area contributed by atoms with E-state index >= 15 is 0 Å². The molecule has 1 N–H and O–H groups in total. The van der Waals surface area contributed by atoms with Gasteiger partial charge in [0.2, 0.25) is 0 Å². The summed E-state index contributed by atoms with van der Waals surface area (Å²) in [6, 6.07) is 0.297. The van der Waals surface area contributed by atoms with E-state index in [1.165, 1.54) is 13.3 Å². The minimum atomic E-state index is 0.0969. The van der Waals surface area contributed by atoms with Crippen molar-refractivity contribution in [3.05, 3.63) is 27.3 Å². The fourth-order valence-corrected chi connectivity index (χ4v) is 2.75. The highest BCUT2D eigenvalue weighted by atomic mass is 35.5. The quantitative estimate of drug-likeness (QED) is 0.910. The molecule has 0 saturated heterocycles. The highest BCUT2D eigenvalue weighted by Gasteiger charge is 2.17. The van der Waals surface area contributed by atoms with E-state index in [1.54, 1.807) is 11.3 Å². The Balaban J connectivity index is 1.94. The van der Waals surface area contributed by atoms with Crippen molar-refractivity contribution in [3.63, 3.8) is 0 Å². The second kappa shape index (κ2) is 6.58. The summed E-state index contributed by atoms with van der Waals surface area (Å²) < 4.78 is 4.98. The summed E-state index contributed by atoms with van der Waals surface area (Å²) in [5.74, 6) is 0.579. The number of aromatic nitrogens is 3. The lowest BCUT2D eigenvalue weighted by atomic mass is 9.98. The van der Waals surface area contributed by atoms with Gasteiger partial charge in [-0.15, -0.1) is 11.3 Å². The van der Waals surface area contributed by atoms with Gasteiger partial charge in [-0.3, -0.25) is 0 Å². The molecule has 0 amide bonds. The minimum Gasteiger partial charge on any atom is -0.467 e. The lowest BCUT2D eigenvalue weighted by Crippen LogP contribution is -2.11. The van der Waals surface area contributed by atoms with Gasteiger partial charge >= 0.3 is 6.01 Å². The van der Waals surface area contributed by atoms with E-state index in [9.17, 15) is 0 Å². The number of ether oxygens (including phenoxy) is 1. The average molecular weight is 327 g/mol. The molecule has 2 aromatic rings. The van der Waals surface area contributed by atoms with E-state index in [0.29, 0.717) is 23.4 Å². The molecule has 0 unspecified atom stereocenters. The molecule has 2 aromatic heterocycles. The number of nitrogens with one attached hydrogen (secondary N) is 1. The Morgan fingerprint density at radius 2 is 2.10 bits per heavy atom. The molecule has 2 heterocycles. The SMILES string of the molecule is COc1ncc(Cl)c(NCCc2csc(C(C)(C)C)n2)n1. The Hall–Kier alpha value is -1.40. The smallest absolute Gasteiger partial charge is 0.318 e. The number of hydrogen-bond donors (Lipinski definition) is 1. The van der Waals surface area contributed by atoms with Gasteiger partial charge in [-0.2, -0.15) is 4.98 Å². The lowest BCUT2D eigenvalue weighted by molar-refractivity contribution is 0.380. The third kappa shape index (κ3) is 4.28. The van der Waals surface area contributed by atoms with Crippen molar-refractivity contribution in [1.82, 2.24) is 15.0 Å². The fraction of sp³-hybridized carbons (Fsp3) is 0.500. The Kier molecular flexibility index (Phi) is 5.00. The first-order valence-corrected chi connectivity index (χ1v) is 7.91. The number of methoxy groups -OCH3 is 1. The Labute approximate surface area is 133 Å². The van der Waals surface area contributed by atoms with E-state index in [-0.39, 0.29) is 5.41 Å². The molecule has 114 valence electrons. The van der Waals surface area contributed by atoms with Crippen molar-refractivity contribution in [2.45, 2.75) is 32.6 Å². The Morgan fingerprint density at radius 1 is 1.33 bits per heavy atom.